The lowest BCUT2D eigenvalue weighted by atomic mass is 9.67. The third kappa shape index (κ3) is 3.16. The highest BCUT2D eigenvalue weighted by molar-refractivity contribution is 6.02. The molecule has 3 rings (SSSR count). The molecule has 2 atom stereocenters. The summed E-state index contributed by atoms with van der Waals surface area (Å²) >= 11 is 0. The molecule has 0 radical (unpaired) electrons. The molecule has 6 nitrogen and oxygen atoms in total. The summed E-state index contributed by atoms with van der Waals surface area (Å²) in [5.74, 6) is 0.615. The van der Waals surface area contributed by atoms with Crippen molar-refractivity contribution >= 4 is 17.7 Å². The van der Waals surface area contributed by atoms with Gasteiger partial charge in [0, 0.05) is 37.9 Å². The number of rotatable bonds is 4. The SMILES string of the molecule is NC1CC2CCCC(C1)C2NC(=O)CCN1C(=O)CCC1=O. The number of nitrogens with two attached hydrogens (primary N) is 1. The van der Waals surface area contributed by atoms with Crippen molar-refractivity contribution in [3.63, 3.8) is 0 Å². The molecule has 2 saturated carbocycles. The maximum absolute atomic E-state index is 12.2. The molecule has 0 aromatic rings. The summed E-state index contributed by atoms with van der Waals surface area (Å²) in [6.45, 7) is 0.213. The van der Waals surface area contributed by atoms with Crippen LogP contribution in [0.1, 0.15) is 51.4 Å². The Morgan fingerprint density at radius 2 is 1.73 bits per heavy atom. The molecule has 1 aliphatic heterocycles. The van der Waals surface area contributed by atoms with Crippen molar-refractivity contribution in [2.75, 3.05) is 6.54 Å². The normalized spacial score (nSPS) is 34.9. The third-order valence-corrected chi connectivity index (χ3v) is 5.42. The summed E-state index contributed by atoms with van der Waals surface area (Å²) in [6.07, 6.45) is 6.26. The molecule has 1 saturated heterocycles. The number of amides is 3. The van der Waals surface area contributed by atoms with Gasteiger partial charge in [-0.15, -0.1) is 0 Å². The number of hydrogen-bond acceptors (Lipinski definition) is 4. The molecule has 22 heavy (non-hydrogen) atoms. The lowest BCUT2D eigenvalue weighted by molar-refractivity contribution is -0.138. The zero-order valence-electron chi connectivity index (χ0n) is 12.9. The molecule has 1 heterocycles. The van der Waals surface area contributed by atoms with Crippen LogP contribution >= 0.6 is 0 Å². The summed E-state index contributed by atoms with van der Waals surface area (Å²) in [6, 6.07) is 0.495. The van der Waals surface area contributed by atoms with Crippen LogP contribution in [0.3, 0.4) is 0 Å². The lowest BCUT2D eigenvalue weighted by Gasteiger charge is -2.45. The molecular formula is C16H25N3O3. The van der Waals surface area contributed by atoms with Gasteiger partial charge in [0.1, 0.15) is 0 Å². The van der Waals surface area contributed by atoms with Gasteiger partial charge in [-0.3, -0.25) is 19.3 Å². The molecule has 0 spiro atoms. The zero-order chi connectivity index (χ0) is 15.7. The fourth-order valence-electron chi connectivity index (χ4n) is 4.37. The van der Waals surface area contributed by atoms with Crippen molar-refractivity contribution < 1.29 is 14.4 Å². The van der Waals surface area contributed by atoms with E-state index < -0.39 is 0 Å². The second-order valence-electron chi connectivity index (χ2n) is 6.96. The van der Waals surface area contributed by atoms with E-state index in [9.17, 15) is 14.4 Å². The second kappa shape index (κ2) is 6.36. The van der Waals surface area contributed by atoms with Crippen LogP contribution < -0.4 is 11.1 Å². The van der Waals surface area contributed by atoms with Gasteiger partial charge in [0.05, 0.1) is 0 Å². The summed E-state index contributed by atoms with van der Waals surface area (Å²) in [5.41, 5.74) is 6.10. The van der Waals surface area contributed by atoms with Crippen LogP contribution in [0.25, 0.3) is 0 Å². The fourth-order valence-corrected chi connectivity index (χ4v) is 4.37. The first-order chi connectivity index (χ1) is 10.5. The predicted octanol–water partition coefficient (Wildman–Crippen LogP) is 0.548. The van der Waals surface area contributed by atoms with E-state index in [0.717, 1.165) is 25.7 Å². The number of nitrogens with one attached hydrogen (secondary N) is 1. The quantitative estimate of drug-likeness (QED) is 0.742. The largest absolute Gasteiger partial charge is 0.353 e. The van der Waals surface area contributed by atoms with Crippen LogP contribution in [0.2, 0.25) is 0 Å². The zero-order valence-corrected chi connectivity index (χ0v) is 12.9. The van der Waals surface area contributed by atoms with E-state index in [-0.39, 0.29) is 55.6 Å². The Balaban J connectivity index is 1.51. The predicted molar refractivity (Wildman–Crippen MR) is 80.5 cm³/mol. The maximum Gasteiger partial charge on any atom is 0.229 e. The molecule has 3 amide bonds. The van der Waals surface area contributed by atoms with Crippen LogP contribution in [0, 0.1) is 11.8 Å². The lowest BCUT2D eigenvalue weighted by Crippen LogP contribution is -2.54. The standard InChI is InChI=1S/C16H25N3O3/c17-12-8-10-2-1-3-11(9-12)16(10)18-13(20)6-7-19-14(21)4-5-15(19)22/h10-12,16H,1-9,17H2,(H,18,20). The molecule has 2 bridgehead atoms. The molecule has 3 N–H and O–H groups in total. The highest BCUT2D eigenvalue weighted by Crippen LogP contribution is 2.39. The number of imide groups is 1. The van der Waals surface area contributed by atoms with Crippen LogP contribution in [-0.4, -0.2) is 41.2 Å². The topological polar surface area (TPSA) is 92.5 Å². The molecule has 3 aliphatic rings. The van der Waals surface area contributed by atoms with Crippen LogP contribution in [-0.2, 0) is 14.4 Å². The van der Waals surface area contributed by atoms with Crippen molar-refractivity contribution in [3.05, 3.63) is 0 Å². The van der Waals surface area contributed by atoms with Crippen molar-refractivity contribution in [1.29, 1.82) is 0 Å². The Morgan fingerprint density at radius 1 is 1.14 bits per heavy atom. The molecule has 0 aromatic heterocycles. The van der Waals surface area contributed by atoms with Crippen molar-refractivity contribution in [3.8, 4) is 0 Å². The first kappa shape index (κ1) is 15.5. The molecule has 6 heteroatoms. The average Bonchev–Trinajstić information content (AvgIpc) is 2.77. The van der Waals surface area contributed by atoms with E-state index in [1.807, 2.05) is 0 Å². The number of likely N-dealkylation sites (tertiary alicyclic amines) is 1. The molecule has 3 fully saturated rings. The Labute approximate surface area is 130 Å². The van der Waals surface area contributed by atoms with Gasteiger partial charge in [0.15, 0.2) is 0 Å². The third-order valence-electron chi connectivity index (χ3n) is 5.42. The van der Waals surface area contributed by atoms with Crippen LogP contribution in [0.4, 0.5) is 0 Å². The number of fused-ring (bicyclic) bond motifs is 2. The van der Waals surface area contributed by atoms with Gasteiger partial charge < -0.3 is 11.1 Å². The van der Waals surface area contributed by atoms with Gasteiger partial charge in [0.25, 0.3) is 0 Å². The van der Waals surface area contributed by atoms with Crippen molar-refractivity contribution in [2.24, 2.45) is 17.6 Å². The minimum absolute atomic E-state index is 0.0510. The molecule has 122 valence electrons. The van der Waals surface area contributed by atoms with E-state index in [2.05, 4.69) is 5.32 Å². The first-order valence-electron chi connectivity index (χ1n) is 8.42. The molecule has 2 aliphatic carbocycles. The Kier molecular flexibility index (Phi) is 4.47. The summed E-state index contributed by atoms with van der Waals surface area (Å²) in [5, 5.41) is 3.15. The Bertz CT molecular complexity index is 449. The molecular weight excluding hydrogens is 282 g/mol. The van der Waals surface area contributed by atoms with Gasteiger partial charge in [0.2, 0.25) is 17.7 Å². The summed E-state index contributed by atoms with van der Waals surface area (Å²) < 4.78 is 0. The van der Waals surface area contributed by atoms with E-state index in [1.54, 1.807) is 0 Å². The Morgan fingerprint density at radius 3 is 2.32 bits per heavy atom. The maximum atomic E-state index is 12.2. The monoisotopic (exact) mass is 307 g/mol. The number of nitrogens with zero attached hydrogens (tertiary/aromatic N) is 1. The average molecular weight is 307 g/mol. The van der Waals surface area contributed by atoms with Gasteiger partial charge in [-0.05, 0) is 37.5 Å². The highest BCUT2D eigenvalue weighted by atomic mass is 16.2. The van der Waals surface area contributed by atoms with Gasteiger partial charge in [-0.25, -0.2) is 0 Å². The van der Waals surface area contributed by atoms with Crippen molar-refractivity contribution in [2.45, 2.75) is 63.5 Å². The number of carbonyl (C=O) groups excluding carboxylic acids is 3. The highest BCUT2D eigenvalue weighted by Gasteiger charge is 2.40. The summed E-state index contributed by atoms with van der Waals surface area (Å²) in [7, 11) is 0. The Hall–Kier alpha value is -1.43. The number of hydrogen-bond donors (Lipinski definition) is 2. The van der Waals surface area contributed by atoms with E-state index in [0.29, 0.717) is 11.8 Å². The smallest absolute Gasteiger partial charge is 0.229 e. The van der Waals surface area contributed by atoms with Crippen LogP contribution in [0.5, 0.6) is 0 Å². The minimum Gasteiger partial charge on any atom is -0.353 e. The first-order valence-corrected chi connectivity index (χ1v) is 8.42. The van der Waals surface area contributed by atoms with E-state index >= 15 is 0 Å². The molecule has 2 unspecified atom stereocenters. The van der Waals surface area contributed by atoms with Gasteiger partial charge in [-0.2, -0.15) is 0 Å². The van der Waals surface area contributed by atoms with Gasteiger partial charge in [-0.1, -0.05) is 6.42 Å². The van der Waals surface area contributed by atoms with E-state index in [4.69, 9.17) is 5.73 Å². The second-order valence-corrected chi connectivity index (χ2v) is 6.96. The van der Waals surface area contributed by atoms with Crippen LogP contribution in [0.15, 0.2) is 0 Å². The molecule has 0 aromatic carbocycles. The van der Waals surface area contributed by atoms with E-state index in [1.165, 1.54) is 11.3 Å². The fraction of sp³-hybridized carbons (Fsp3) is 0.812. The number of carbonyl (C=O) groups is 3. The van der Waals surface area contributed by atoms with Crippen molar-refractivity contribution in [1.82, 2.24) is 10.2 Å². The summed E-state index contributed by atoms with van der Waals surface area (Å²) in [4.78, 5) is 36.5. The van der Waals surface area contributed by atoms with Gasteiger partial charge >= 0.3 is 0 Å². The minimum atomic E-state index is -0.154.